The van der Waals surface area contributed by atoms with Gasteiger partial charge in [-0.25, -0.2) is 0 Å². The largest absolute Gasteiger partial charge is 0.417 e. The Balaban J connectivity index is 1.79. The minimum absolute atomic E-state index is 0.281. The van der Waals surface area contributed by atoms with Crippen molar-refractivity contribution in [1.29, 1.82) is 0 Å². The van der Waals surface area contributed by atoms with Gasteiger partial charge in [-0.15, -0.1) is 0 Å². The average molecular weight is 389 g/mol. The molecule has 2 aromatic heterocycles. The highest BCUT2D eigenvalue weighted by Crippen LogP contribution is 2.30. The fourth-order valence-electron chi connectivity index (χ4n) is 3.12. The maximum Gasteiger partial charge on any atom is 0.417 e. The number of hydrogen-bond donors (Lipinski definition) is 1. The van der Waals surface area contributed by atoms with Gasteiger partial charge < -0.3 is 9.88 Å². The maximum absolute atomic E-state index is 12.9. The first-order valence-corrected chi connectivity index (χ1v) is 8.32. The number of rotatable bonds is 3. The minimum Gasteiger partial charge on any atom is -0.348 e. The van der Waals surface area contributed by atoms with E-state index in [1.807, 2.05) is 7.05 Å². The van der Waals surface area contributed by atoms with E-state index in [2.05, 4.69) is 10.4 Å². The van der Waals surface area contributed by atoms with Gasteiger partial charge in [0.25, 0.3) is 5.56 Å². The molecule has 140 valence electrons. The fraction of sp³-hybridized carbons (Fsp3) is 0.438. The molecule has 1 aliphatic carbocycles. The zero-order valence-corrected chi connectivity index (χ0v) is 14.6. The van der Waals surface area contributed by atoms with Crippen molar-refractivity contribution in [3.63, 3.8) is 0 Å². The first kappa shape index (κ1) is 18.5. The Hall–Kier alpha value is -2.29. The third-order valence-electron chi connectivity index (χ3n) is 4.39. The Labute approximate surface area is 151 Å². The van der Waals surface area contributed by atoms with Crippen LogP contribution in [0.1, 0.15) is 35.7 Å². The number of pyridine rings is 1. The summed E-state index contributed by atoms with van der Waals surface area (Å²) in [6.07, 6.45) is 0.0108. The van der Waals surface area contributed by atoms with Crippen LogP contribution in [0, 0.1) is 0 Å². The molecule has 0 saturated heterocycles. The minimum atomic E-state index is -4.66. The number of alkyl halides is 3. The van der Waals surface area contributed by atoms with E-state index < -0.39 is 34.8 Å². The highest BCUT2D eigenvalue weighted by atomic mass is 35.5. The van der Waals surface area contributed by atoms with Crippen LogP contribution in [0.15, 0.2) is 23.3 Å². The molecule has 6 nitrogen and oxygen atoms in total. The summed E-state index contributed by atoms with van der Waals surface area (Å²) in [5.41, 5.74) is -0.0232. The summed E-state index contributed by atoms with van der Waals surface area (Å²) in [5, 5.41) is 6.35. The number of carbonyl (C=O) groups excluding carboxylic acids is 1. The monoisotopic (exact) mass is 388 g/mol. The molecule has 0 aromatic carbocycles. The SMILES string of the molecule is Cn1ncc2c1CCC[C@H]2NC(=O)Cn1cc(C(F)(F)F)cc(Cl)c1=O. The van der Waals surface area contributed by atoms with E-state index in [4.69, 9.17) is 11.6 Å². The van der Waals surface area contributed by atoms with Gasteiger partial charge >= 0.3 is 6.18 Å². The second-order valence-electron chi connectivity index (χ2n) is 6.19. The maximum atomic E-state index is 12.9. The normalized spacial score (nSPS) is 17.0. The van der Waals surface area contributed by atoms with E-state index in [1.165, 1.54) is 0 Å². The lowest BCUT2D eigenvalue weighted by Gasteiger charge is -2.24. The highest BCUT2D eigenvalue weighted by molar-refractivity contribution is 6.30. The van der Waals surface area contributed by atoms with Crippen molar-refractivity contribution in [3.05, 3.63) is 50.7 Å². The molecule has 0 saturated carbocycles. The predicted octanol–water partition coefficient (Wildman–Crippen LogP) is 2.45. The molecule has 2 heterocycles. The Morgan fingerprint density at radius 3 is 2.88 bits per heavy atom. The molecule has 26 heavy (non-hydrogen) atoms. The molecule has 1 N–H and O–H groups in total. The van der Waals surface area contributed by atoms with Gasteiger partial charge in [0.1, 0.15) is 11.6 Å². The third-order valence-corrected chi connectivity index (χ3v) is 4.67. The Bertz CT molecular complexity index is 904. The van der Waals surface area contributed by atoms with E-state index in [9.17, 15) is 22.8 Å². The first-order chi connectivity index (χ1) is 12.2. The molecule has 0 fully saturated rings. The van der Waals surface area contributed by atoms with Gasteiger partial charge in [0, 0.05) is 24.5 Å². The molecular weight excluding hydrogens is 373 g/mol. The standard InChI is InChI=1S/C16H16ClF3N4O2/c1-23-13-4-2-3-12(10(13)6-21-23)22-14(25)8-24-7-9(16(18,19)20)5-11(17)15(24)26/h5-7,12H,2-4,8H2,1H3,(H,22,25)/t12-/m1/s1. The van der Waals surface area contributed by atoms with Crippen molar-refractivity contribution >= 4 is 17.5 Å². The zero-order chi connectivity index (χ0) is 19.1. The van der Waals surface area contributed by atoms with Crippen LogP contribution < -0.4 is 10.9 Å². The van der Waals surface area contributed by atoms with Crippen LogP contribution in [0.5, 0.6) is 0 Å². The average Bonchev–Trinajstić information content (AvgIpc) is 2.93. The van der Waals surface area contributed by atoms with Crippen molar-refractivity contribution < 1.29 is 18.0 Å². The van der Waals surface area contributed by atoms with Crippen molar-refractivity contribution in [2.75, 3.05) is 0 Å². The Morgan fingerprint density at radius 1 is 1.46 bits per heavy atom. The molecule has 1 aliphatic rings. The molecular formula is C16H16ClF3N4O2. The lowest BCUT2D eigenvalue weighted by molar-refractivity contribution is -0.138. The van der Waals surface area contributed by atoms with Gasteiger partial charge in [-0.3, -0.25) is 14.3 Å². The highest BCUT2D eigenvalue weighted by Gasteiger charge is 2.32. The Kier molecular flexibility index (Phi) is 4.83. The van der Waals surface area contributed by atoms with Gasteiger partial charge in [0.2, 0.25) is 5.91 Å². The van der Waals surface area contributed by atoms with Crippen LogP contribution in [-0.4, -0.2) is 20.3 Å². The van der Waals surface area contributed by atoms with Crippen molar-refractivity contribution in [2.24, 2.45) is 7.05 Å². The summed E-state index contributed by atoms with van der Waals surface area (Å²) in [5.74, 6) is -0.566. The second-order valence-corrected chi connectivity index (χ2v) is 6.60. The molecule has 2 aromatic rings. The number of aryl methyl sites for hydroxylation is 1. The Morgan fingerprint density at radius 2 is 2.19 bits per heavy atom. The topological polar surface area (TPSA) is 68.9 Å². The van der Waals surface area contributed by atoms with E-state index in [0.29, 0.717) is 23.3 Å². The molecule has 0 unspecified atom stereocenters. The summed E-state index contributed by atoms with van der Waals surface area (Å²) < 4.78 is 41.0. The van der Waals surface area contributed by atoms with Crippen LogP contribution in [-0.2, 0) is 31.0 Å². The lowest BCUT2D eigenvalue weighted by atomic mass is 9.93. The molecule has 3 rings (SSSR count). The number of nitrogens with one attached hydrogen (secondary N) is 1. The smallest absolute Gasteiger partial charge is 0.348 e. The summed E-state index contributed by atoms with van der Waals surface area (Å²) in [6.45, 7) is -0.547. The van der Waals surface area contributed by atoms with Crippen LogP contribution in [0.25, 0.3) is 0 Å². The van der Waals surface area contributed by atoms with Gasteiger partial charge in [-0.1, -0.05) is 11.6 Å². The van der Waals surface area contributed by atoms with Gasteiger partial charge in [0.05, 0.1) is 17.8 Å². The number of hydrogen-bond acceptors (Lipinski definition) is 3. The predicted molar refractivity (Wildman–Crippen MR) is 87.7 cm³/mol. The molecule has 1 atom stereocenters. The molecule has 0 bridgehead atoms. The number of nitrogens with zero attached hydrogens (tertiary/aromatic N) is 3. The van der Waals surface area contributed by atoms with Crippen LogP contribution >= 0.6 is 11.6 Å². The number of carbonyl (C=O) groups is 1. The van der Waals surface area contributed by atoms with Crippen molar-refractivity contribution in [3.8, 4) is 0 Å². The molecule has 0 radical (unpaired) electrons. The molecule has 10 heteroatoms. The molecule has 0 aliphatic heterocycles. The van der Waals surface area contributed by atoms with Crippen molar-refractivity contribution in [2.45, 2.75) is 38.0 Å². The number of aromatic nitrogens is 3. The van der Waals surface area contributed by atoms with Crippen molar-refractivity contribution in [1.82, 2.24) is 19.7 Å². The zero-order valence-electron chi connectivity index (χ0n) is 13.8. The van der Waals surface area contributed by atoms with E-state index >= 15 is 0 Å². The number of amides is 1. The van der Waals surface area contributed by atoms with E-state index in [0.717, 1.165) is 24.1 Å². The fourth-order valence-corrected chi connectivity index (χ4v) is 3.35. The van der Waals surface area contributed by atoms with Crippen LogP contribution in [0.2, 0.25) is 5.02 Å². The molecule has 0 spiro atoms. The van der Waals surface area contributed by atoms with E-state index in [1.54, 1.807) is 10.9 Å². The van der Waals surface area contributed by atoms with E-state index in [-0.39, 0.29) is 6.04 Å². The summed E-state index contributed by atoms with van der Waals surface area (Å²) in [4.78, 5) is 24.2. The van der Waals surface area contributed by atoms with Gasteiger partial charge in [0.15, 0.2) is 0 Å². The molecule has 1 amide bonds. The number of halogens is 4. The summed E-state index contributed by atoms with van der Waals surface area (Å²) in [7, 11) is 1.81. The lowest BCUT2D eigenvalue weighted by Crippen LogP contribution is -2.36. The quantitative estimate of drug-likeness (QED) is 0.878. The van der Waals surface area contributed by atoms with Crippen LogP contribution in [0.4, 0.5) is 13.2 Å². The third kappa shape index (κ3) is 3.62. The number of fused-ring (bicyclic) bond motifs is 1. The first-order valence-electron chi connectivity index (χ1n) is 7.94. The van der Waals surface area contributed by atoms with Gasteiger partial charge in [-0.2, -0.15) is 18.3 Å². The summed E-state index contributed by atoms with van der Waals surface area (Å²) in [6, 6.07) is 0.276. The van der Waals surface area contributed by atoms with Crippen LogP contribution in [0.3, 0.4) is 0 Å². The van der Waals surface area contributed by atoms with Gasteiger partial charge in [-0.05, 0) is 25.3 Å². The second kappa shape index (κ2) is 6.79. The summed E-state index contributed by atoms with van der Waals surface area (Å²) >= 11 is 5.59.